The molecule has 9 nitrogen and oxygen atoms in total. The van der Waals surface area contributed by atoms with Crippen LogP contribution >= 0.6 is 11.3 Å². The molecule has 6 heterocycles. The summed E-state index contributed by atoms with van der Waals surface area (Å²) >= 11 is 1.57. The lowest BCUT2D eigenvalue weighted by atomic mass is 10.1. The van der Waals surface area contributed by atoms with Gasteiger partial charge in [0.1, 0.15) is 24.6 Å². The van der Waals surface area contributed by atoms with Crippen molar-refractivity contribution >= 4 is 28.3 Å². The first-order chi connectivity index (χ1) is 16.0. The SMILES string of the molecule is CC1(C)O[C@@H]2[C@H](O1)[C@@H](C#Cc1cccs1)O[C@H]2n1cnc2c(NC3COC(F)C3)ncnc21. The van der Waals surface area contributed by atoms with E-state index in [4.69, 9.17) is 18.9 Å². The highest BCUT2D eigenvalue weighted by atomic mass is 32.1. The van der Waals surface area contributed by atoms with Crippen LogP contribution in [-0.2, 0) is 18.9 Å². The summed E-state index contributed by atoms with van der Waals surface area (Å²) in [6, 6.07) is 3.75. The van der Waals surface area contributed by atoms with Gasteiger partial charge >= 0.3 is 0 Å². The minimum Gasteiger partial charge on any atom is -0.363 e. The molecular weight excluding hydrogens is 449 g/mol. The predicted octanol–water partition coefficient (Wildman–Crippen LogP) is 2.85. The van der Waals surface area contributed by atoms with Crippen LogP contribution in [0.25, 0.3) is 11.2 Å². The van der Waals surface area contributed by atoms with Crippen LogP contribution < -0.4 is 5.32 Å². The molecule has 3 fully saturated rings. The fourth-order valence-corrected chi connectivity index (χ4v) is 5.01. The van der Waals surface area contributed by atoms with E-state index in [0.717, 1.165) is 4.88 Å². The minimum absolute atomic E-state index is 0.181. The summed E-state index contributed by atoms with van der Waals surface area (Å²) in [5.41, 5.74) is 1.14. The Hall–Kier alpha value is -2.62. The van der Waals surface area contributed by atoms with Crippen LogP contribution in [0.4, 0.5) is 10.2 Å². The zero-order chi connectivity index (χ0) is 22.6. The van der Waals surface area contributed by atoms with E-state index < -0.39 is 24.5 Å². The average Bonchev–Trinajstić information content (AvgIpc) is 3.57. The molecule has 3 aromatic rings. The van der Waals surface area contributed by atoms with Crippen molar-refractivity contribution in [1.29, 1.82) is 0 Å². The lowest BCUT2D eigenvalue weighted by molar-refractivity contribution is -0.190. The van der Waals surface area contributed by atoms with E-state index in [2.05, 4.69) is 32.1 Å². The summed E-state index contributed by atoms with van der Waals surface area (Å²) in [4.78, 5) is 14.2. The topological polar surface area (TPSA) is 92.6 Å². The van der Waals surface area contributed by atoms with Crippen molar-refractivity contribution in [2.75, 3.05) is 11.9 Å². The van der Waals surface area contributed by atoms with Gasteiger partial charge in [0.15, 0.2) is 29.0 Å². The first kappa shape index (κ1) is 20.9. The highest BCUT2D eigenvalue weighted by molar-refractivity contribution is 7.10. The first-order valence-corrected chi connectivity index (χ1v) is 11.6. The molecule has 3 saturated heterocycles. The Balaban J connectivity index is 1.31. The maximum Gasteiger partial charge on any atom is 0.200 e. The molecule has 0 aliphatic carbocycles. The quantitative estimate of drug-likeness (QED) is 0.583. The Morgan fingerprint density at radius 2 is 2.12 bits per heavy atom. The molecule has 3 aromatic heterocycles. The van der Waals surface area contributed by atoms with Gasteiger partial charge in [-0.25, -0.2) is 19.3 Å². The van der Waals surface area contributed by atoms with Crippen LogP contribution in [0.1, 0.15) is 31.4 Å². The molecule has 172 valence electrons. The van der Waals surface area contributed by atoms with Gasteiger partial charge in [-0.2, -0.15) is 0 Å². The fourth-order valence-electron chi connectivity index (χ4n) is 4.43. The van der Waals surface area contributed by atoms with Crippen molar-refractivity contribution in [1.82, 2.24) is 19.5 Å². The number of hydrogen-bond donors (Lipinski definition) is 1. The van der Waals surface area contributed by atoms with E-state index in [1.807, 2.05) is 35.9 Å². The zero-order valence-electron chi connectivity index (χ0n) is 18.0. The Kier molecular flexibility index (Phi) is 5.08. The molecule has 3 aliphatic rings. The molecule has 33 heavy (non-hydrogen) atoms. The molecule has 1 N–H and O–H groups in total. The van der Waals surface area contributed by atoms with E-state index in [0.29, 0.717) is 17.0 Å². The number of nitrogens with zero attached hydrogens (tertiary/aromatic N) is 4. The number of anilines is 1. The number of hydrogen-bond acceptors (Lipinski definition) is 9. The molecule has 0 amide bonds. The molecule has 0 spiro atoms. The van der Waals surface area contributed by atoms with Crippen LogP contribution in [0.3, 0.4) is 0 Å². The van der Waals surface area contributed by atoms with Crippen LogP contribution in [-0.4, -0.2) is 62.6 Å². The number of ether oxygens (including phenoxy) is 4. The largest absolute Gasteiger partial charge is 0.363 e. The van der Waals surface area contributed by atoms with Gasteiger partial charge in [-0.1, -0.05) is 17.9 Å². The number of alkyl halides is 1. The van der Waals surface area contributed by atoms with Gasteiger partial charge in [-0.15, -0.1) is 11.3 Å². The van der Waals surface area contributed by atoms with Crippen molar-refractivity contribution in [3.8, 4) is 11.8 Å². The summed E-state index contributed by atoms with van der Waals surface area (Å²) < 4.78 is 38.9. The maximum atomic E-state index is 13.4. The van der Waals surface area contributed by atoms with Gasteiger partial charge in [-0.3, -0.25) is 4.57 Å². The monoisotopic (exact) mass is 471 g/mol. The van der Waals surface area contributed by atoms with Crippen molar-refractivity contribution in [3.05, 3.63) is 35.0 Å². The lowest BCUT2D eigenvalue weighted by Gasteiger charge is -2.23. The Bertz CT molecular complexity index is 1220. The number of imidazole rings is 1. The van der Waals surface area contributed by atoms with E-state index in [-0.39, 0.29) is 31.3 Å². The Morgan fingerprint density at radius 3 is 2.91 bits per heavy atom. The normalized spacial score (nSPS) is 32.6. The second-order valence-corrected chi connectivity index (χ2v) is 9.57. The second-order valence-electron chi connectivity index (χ2n) is 8.63. The van der Waals surface area contributed by atoms with Crippen LogP contribution in [0, 0.1) is 11.8 Å². The van der Waals surface area contributed by atoms with E-state index >= 15 is 0 Å². The zero-order valence-corrected chi connectivity index (χ0v) is 18.8. The average molecular weight is 472 g/mol. The van der Waals surface area contributed by atoms with Crippen molar-refractivity contribution in [2.24, 2.45) is 0 Å². The van der Waals surface area contributed by atoms with Crippen molar-refractivity contribution < 1.29 is 23.3 Å². The number of thiophene rings is 1. The molecule has 6 rings (SSSR count). The summed E-state index contributed by atoms with van der Waals surface area (Å²) in [5, 5.41) is 5.20. The third-order valence-electron chi connectivity index (χ3n) is 5.81. The maximum absolute atomic E-state index is 13.4. The van der Waals surface area contributed by atoms with Crippen LogP contribution in [0.5, 0.6) is 0 Å². The van der Waals surface area contributed by atoms with Gasteiger partial charge in [0.25, 0.3) is 0 Å². The van der Waals surface area contributed by atoms with Crippen molar-refractivity contribution in [2.45, 2.75) is 63.0 Å². The van der Waals surface area contributed by atoms with Crippen LogP contribution in [0.15, 0.2) is 30.2 Å². The molecule has 0 radical (unpaired) electrons. The third kappa shape index (κ3) is 3.88. The molecule has 6 atom stereocenters. The summed E-state index contributed by atoms with van der Waals surface area (Å²) in [5.74, 6) is 6.13. The van der Waals surface area contributed by atoms with E-state index in [1.165, 1.54) is 6.33 Å². The predicted molar refractivity (Wildman–Crippen MR) is 117 cm³/mol. The smallest absolute Gasteiger partial charge is 0.200 e. The van der Waals surface area contributed by atoms with Gasteiger partial charge in [-0.05, 0) is 25.3 Å². The van der Waals surface area contributed by atoms with Crippen molar-refractivity contribution in [3.63, 3.8) is 0 Å². The summed E-state index contributed by atoms with van der Waals surface area (Å²) in [7, 11) is 0. The van der Waals surface area contributed by atoms with Gasteiger partial charge in [0.05, 0.1) is 23.9 Å². The number of rotatable bonds is 3. The second kappa shape index (κ2) is 8.00. The highest BCUT2D eigenvalue weighted by Gasteiger charge is 2.56. The molecule has 11 heteroatoms. The van der Waals surface area contributed by atoms with Gasteiger partial charge in [0.2, 0.25) is 6.36 Å². The number of nitrogens with one attached hydrogen (secondary N) is 1. The summed E-state index contributed by atoms with van der Waals surface area (Å²) in [6.07, 6.45) is 0.341. The van der Waals surface area contributed by atoms with E-state index in [1.54, 1.807) is 17.7 Å². The summed E-state index contributed by atoms with van der Waals surface area (Å²) in [6.45, 7) is 4.03. The minimum atomic E-state index is -1.27. The molecule has 0 bridgehead atoms. The van der Waals surface area contributed by atoms with E-state index in [9.17, 15) is 4.39 Å². The molecule has 0 saturated carbocycles. The Labute approximate surface area is 193 Å². The van der Waals surface area contributed by atoms with Gasteiger partial charge < -0.3 is 24.3 Å². The molecule has 0 aromatic carbocycles. The lowest BCUT2D eigenvalue weighted by Crippen LogP contribution is -2.28. The molecule has 2 unspecified atom stereocenters. The molecule has 3 aliphatic heterocycles. The van der Waals surface area contributed by atoms with Gasteiger partial charge in [0, 0.05) is 6.42 Å². The Morgan fingerprint density at radius 1 is 1.24 bits per heavy atom. The van der Waals surface area contributed by atoms with Crippen LogP contribution in [0.2, 0.25) is 0 Å². The fraction of sp³-hybridized carbons (Fsp3) is 0.500. The highest BCUT2D eigenvalue weighted by Crippen LogP contribution is 2.43. The first-order valence-electron chi connectivity index (χ1n) is 10.7. The standard InChI is InChI=1S/C22H22FN5O4S/c1-22(2)31-17-14(6-5-13-4-3-7-33-13)30-21(18(17)32-22)28-11-26-16-19(24-10-25-20(16)28)27-12-8-15(23)29-9-12/h3-4,7,10-12,14-15,17-18,21H,8-9H2,1-2H3,(H,24,25,27)/t12?,14-,15?,17-,18-,21-/m1/s1. The number of halogens is 1. The molecular formula is C22H22FN5O4S. The number of fused-ring (bicyclic) bond motifs is 2. The number of aromatic nitrogens is 4. The third-order valence-corrected chi connectivity index (χ3v) is 6.60.